The van der Waals surface area contributed by atoms with Gasteiger partial charge in [-0.15, -0.1) is 0 Å². The van der Waals surface area contributed by atoms with Crippen molar-refractivity contribution in [2.45, 2.75) is 0 Å². The normalized spacial score (nSPS) is 11.0. The van der Waals surface area contributed by atoms with Crippen LogP contribution in [0.3, 0.4) is 0 Å². The number of oxazole rings is 1. The molecule has 0 unspecified atom stereocenters. The molecule has 0 aliphatic carbocycles. The Bertz CT molecular complexity index is 1070. The van der Waals surface area contributed by atoms with Gasteiger partial charge >= 0.3 is 6.01 Å². The summed E-state index contributed by atoms with van der Waals surface area (Å²) in [6.45, 7) is 0. The first kappa shape index (κ1) is 15.1. The van der Waals surface area contributed by atoms with Crippen LogP contribution in [-0.4, -0.2) is 29.0 Å². The van der Waals surface area contributed by atoms with Gasteiger partial charge in [-0.05, 0) is 30.3 Å². The Balaban J connectivity index is 1.79. The van der Waals surface area contributed by atoms with E-state index in [2.05, 4.69) is 10.1 Å². The standard InChI is InChI=1S/C18H15N3O4/c1-23-15-8-7-11(9-16(15)24-2)13-10-17(22)21(20-13)18-19-12-5-3-4-6-14(12)25-18/h3-10,20H,1-2H3. The molecular formula is C18H15N3O4. The van der Waals surface area contributed by atoms with Crippen molar-refractivity contribution >= 4 is 11.1 Å². The molecule has 7 heteroatoms. The van der Waals surface area contributed by atoms with Crippen LogP contribution in [-0.2, 0) is 0 Å². The predicted molar refractivity (Wildman–Crippen MR) is 92.5 cm³/mol. The number of H-pyrrole nitrogens is 1. The minimum Gasteiger partial charge on any atom is -0.493 e. The molecule has 0 aliphatic rings. The summed E-state index contributed by atoms with van der Waals surface area (Å²) in [5.74, 6) is 1.20. The van der Waals surface area contributed by atoms with E-state index in [-0.39, 0.29) is 11.6 Å². The number of aromatic amines is 1. The Hall–Kier alpha value is -3.48. The maximum absolute atomic E-state index is 12.3. The highest BCUT2D eigenvalue weighted by atomic mass is 16.5. The fourth-order valence-electron chi connectivity index (χ4n) is 2.65. The van der Waals surface area contributed by atoms with E-state index in [1.165, 1.54) is 10.7 Å². The van der Waals surface area contributed by atoms with Crippen LogP contribution in [0, 0.1) is 0 Å². The molecule has 2 aromatic carbocycles. The fourth-order valence-corrected chi connectivity index (χ4v) is 2.65. The molecule has 25 heavy (non-hydrogen) atoms. The van der Waals surface area contributed by atoms with Gasteiger partial charge in [0.1, 0.15) is 5.52 Å². The van der Waals surface area contributed by atoms with Gasteiger partial charge in [-0.3, -0.25) is 9.89 Å². The highest BCUT2D eigenvalue weighted by Gasteiger charge is 2.14. The van der Waals surface area contributed by atoms with Gasteiger partial charge in [-0.25, -0.2) is 0 Å². The number of benzene rings is 2. The molecule has 126 valence electrons. The Labute approximate surface area is 142 Å². The van der Waals surface area contributed by atoms with Crippen molar-refractivity contribution in [1.29, 1.82) is 0 Å². The van der Waals surface area contributed by atoms with Crippen LogP contribution in [0.2, 0.25) is 0 Å². The second-order valence-electron chi connectivity index (χ2n) is 5.38. The Morgan fingerprint density at radius 3 is 2.60 bits per heavy atom. The van der Waals surface area contributed by atoms with Gasteiger partial charge in [0.15, 0.2) is 17.1 Å². The number of fused-ring (bicyclic) bond motifs is 1. The average Bonchev–Trinajstić information content (AvgIpc) is 3.24. The molecule has 1 N–H and O–H groups in total. The molecule has 0 spiro atoms. The van der Waals surface area contributed by atoms with Gasteiger partial charge < -0.3 is 13.9 Å². The van der Waals surface area contributed by atoms with Crippen LogP contribution in [0.15, 0.2) is 57.7 Å². The summed E-state index contributed by atoms with van der Waals surface area (Å²) in [5.41, 5.74) is 2.44. The fraction of sp³-hybridized carbons (Fsp3) is 0.111. The molecule has 7 nitrogen and oxygen atoms in total. The van der Waals surface area contributed by atoms with Crippen LogP contribution < -0.4 is 15.0 Å². The third-order valence-electron chi connectivity index (χ3n) is 3.89. The number of methoxy groups -OCH3 is 2. The number of para-hydroxylation sites is 2. The van der Waals surface area contributed by atoms with Crippen molar-refractivity contribution in [3.63, 3.8) is 0 Å². The van der Waals surface area contributed by atoms with Crippen LogP contribution in [0.1, 0.15) is 0 Å². The molecule has 2 aromatic heterocycles. The molecule has 0 atom stereocenters. The highest BCUT2D eigenvalue weighted by molar-refractivity contribution is 5.73. The lowest BCUT2D eigenvalue weighted by atomic mass is 10.1. The molecule has 0 radical (unpaired) electrons. The number of ether oxygens (including phenoxy) is 2. The van der Waals surface area contributed by atoms with Crippen LogP contribution in [0.4, 0.5) is 0 Å². The molecular weight excluding hydrogens is 322 g/mol. The summed E-state index contributed by atoms with van der Waals surface area (Å²) in [6, 6.07) is 14.4. The van der Waals surface area contributed by atoms with E-state index >= 15 is 0 Å². The van der Waals surface area contributed by atoms with Crippen molar-refractivity contribution in [2.75, 3.05) is 14.2 Å². The Morgan fingerprint density at radius 2 is 1.84 bits per heavy atom. The zero-order valence-electron chi connectivity index (χ0n) is 13.6. The molecule has 0 amide bonds. The summed E-state index contributed by atoms with van der Waals surface area (Å²) in [5, 5.41) is 3.02. The Kier molecular flexibility index (Phi) is 3.53. The lowest BCUT2D eigenvalue weighted by molar-refractivity contribution is 0.355. The molecule has 0 aliphatic heterocycles. The smallest absolute Gasteiger partial charge is 0.325 e. The monoisotopic (exact) mass is 337 g/mol. The van der Waals surface area contributed by atoms with E-state index in [0.717, 1.165) is 5.56 Å². The van der Waals surface area contributed by atoms with Crippen molar-refractivity contribution < 1.29 is 13.9 Å². The van der Waals surface area contributed by atoms with E-state index in [9.17, 15) is 4.79 Å². The highest BCUT2D eigenvalue weighted by Crippen LogP contribution is 2.31. The number of rotatable bonds is 4. The molecule has 4 aromatic rings. The summed E-state index contributed by atoms with van der Waals surface area (Å²) in [7, 11) is 3.14. The number of nitrogens with one attached hydrogen (secondary N) is 1. The average molecular weight is 337 g/mol. The summed E-state index contributed by atoms with van der Waals surface area (Å²) >= 11 is 0. The first-order valence-electron chi connectivity index (χ1n) is 7.60. The number of aromatic nitrogens is 3. The molecule has 0 fully saturated rings. The van der Waals surface area contributed by atoms with Crippen molar-refractivity contribution in [3.05, 3.63) is 58.9 Å². The topological polar surface area (TPSA) is 82.3 Å². The van der Waals surface area contributed by atoms with Crippen LogP contribution in [0.5, 0.6) is 11.5 Å². The first-order chi connectivity index (χ1) is 12.2. The van der Waals surface area contributed by atoms with Gasteiger partial charge in [-0.1, -0.05) is 12.1 Å². The lowest BCUT2D eigenvalue weighted by Gasteiger charge is -2.08. The third kappa shape index (κ3) is 2.55. The molecule has 4 rings (SSSR count). The van der Waals surface area contributed by atoms with Gasteiger partial charge in [0.05, 0.1) is 19.9 Å². The lowest BCUT2D eigenvalue weighted by Crippen LogP contribution is -2.13. The van der Waals surface area contributed by atoms with E-state index in [1.807, 2.05) is 24.3 Å². The molecule has 0 saturated heterocycles. The van der Waals surface area contributed by atoms with E-state index in [0.29, 0.717) is 28.3 Å². The zero-order chi connectivity index (χ0) is 17.4. The van der Waals surface area contributed by atoms with Crippen LogP contribution >= 0.6 is 0 Å². The maximum Gasteiger partial charge on any atom is 0.325 e. The van der Waals surface area contributed by atoms with E-state index in [1.54, 1.807) is 32.4 Å². The molecule has 2 heterocycles. The summed E-state index contributed by atoms with van der Waals surface area (Å²) < 4.78 is 17.4. The SMILES string of the molecule is COc1ccc(-c2cc(=O)n(-c3nc4ccccc4o3)[nH]2)cc1OC. The van der Waals surface area contributed by atoms with Gasteiger partial charge in [0.2, 0.25) is 0 Å². The Morgan fingerprint density at radius 1 is 1.04 bits per heavy atom. The van der Waals surface area contributed by atoms with E-state index in [4.69, 9.17) is 13.9 Å². The quantitative estimate of drug-likeness (QED) is 0.619. The third-order valence-corrected chi connectivity index (χ3v) is 3.89. The second kappa shape index (κ2) is 5.86. The molecule has 0 bridgehead atoms. The number of hydrogen-bond donors (Lipinski definition) is 1. The minimum atomic E-state index is -0.267. The second-order valence-corrected chi connectivity index (χ2v) is 5.38. The summed E-state index contributed by atoms with van der Waals surface area (Å²) in [4.78, 5) is 16.7. The zero-order valence-corrected chi connectivity index (χ0v) is 13.6. The van der Waals surface area contributed by atoms with E-state index < -0.39 is 0 Å². The van der Waals surface area contributed by atoms with Gasteiger partial charge in [-0.2, -0.15) is 9.67 Å². The summed E-state index contributed by atoms with van der Waals surface area (Å²) in [6.07, 6.45) is 0. The van der Waals surface area contributed by atoms with Crippen molar-refractivity contribution in [2.24, 2.45) is 0 Å². The predicted octanol–water partition coefficient (Wildman–Crippen LogP) is 2.99. The van der Waals surface area contributed by atoms with Gasteiger partial charge in [0.25, 0.3) is 5.56 Å². The van der Waals surface area contributed by atoms with Crippen LogP contribution in [0.25, 0.3) is 28.4 Å². The van der Waals surface area contributed by atoms with Gasteiger partial charge in [0, 0.05) is 11.6 Å². The first-order valence-corrected chi connectivity index (χ1v) is 7.60. The number of hydrogen-bond acceptors (Lipinski definition) is 5. The van der Waals surface area contributed by atoms with Crippen molar-refractivity contribution in [3.8, 4) is 28.8 Å². The minimum absolute atomic E-state index is 0.193. The number of nitrogens with zero attached hydrogens (tertiary/aromatic N) is 2. The molecule has 0 saturated carbocycles. The maximum atomic E-state index is 12.3. The van der Waals surface area contributed by atoms with Crippen molar-refractivity contribution in [1.82, 2.24) is 14.8 Å². The largest absolute Gasteiger partial charge is 0.493 e.